The molecule has 0 radical (unpaired) electrons. The maximum absolute atomic E-state index is 5.16. The fourth-order valence-electron chi connectivity index (χ4n) is 1.48. The Hall–Kier alpha value is -1.06. The second-order valence-electron chi connectivity index (χ2n) is 3.59. The van der Waals surface area contributed by atoms with E-state index >= 15 is 0 Å². The predicted molar refractivity (Wildman–Crippen MR) is 56.5 cm³/mol. The number of methoxy groups -OCH3 is 1. The molecule has 3 heteroatoms. The Labute approximate surface area is 84.5 Å². The second kappa shape index (κ2) is 4.44. The van der Waals surface area contributed by atoms with Gasteiger partial charge in [0.2, 0.25) is 0 Å². The molecule has 3 nitrogen and oxygen atoms in total. The summed E-state index contributed by atoms with van der Waals surface area (Å²) in [5.41, 5.74) is 1.27. The normalized spacial score (nSPS) is 16.4. The molecule has 0 atom stereocenters. The maximum atomic E-state index is 5.16. The van der Waals surface area contributed by atoms with E-state index in [9.17, 15) is 0 Å². The van der Waals surface area contributed by atoms with Crippen LogP contribution in [0.25, 0.3) is 0 Å². The van der Waals surface area contributed by atoms with Gasteiger partial charge >= 0.3 is 0 Å². The standard InChI is InChI=1S/C11H16N2O/c1-14-11-4-2-3-9(5-11)6-13-10-7-12-8-10/h2-5,10,12-13H,6-8H2,1H3. The third-order valence-electron chi connectivity index (χ3n) is 2.51. The zero-order valence-corrected chi connectivity index (χ0v) is 8.42. The van der Waals surface area contributed by atoms with E-state index in [0.717, 1.165) is 25.4 Å². The first-order valence-electron chi connectivity index (χ1n) is 4.95. The van der Waals surface area contributed by atoms with Crippen molar-refractivity contribution in [3.63, 3.8) is 0 Å². The third-order valence-corrected chi connectivity index (χ3v) is 2.51. The summed E-state index contributed by atoms with van der Waals surface area (Å²) in [4.78, 5) is 0. The van der Waals surface area contributed by atoms with E-state index in [2.05, 4.69) is 22.8 Å². The summed E-state index contributed by atoms with van der Waals surface area (Å²) in [6.45, 7) is 3.09. The van der Waals surface area contributed by atoms with Crippen molar-refractivity contribution in [3.05, 3.63) is 29.8 Å². The SMILES string of the molecule is COc1cccc(CNC2CNC2)c1. The van der Waals surface area contributed by atoms with Crippen molar-refractivity contribution in [1.29, 1.82) is 0 Å². The molecule has 0 aliphatic carbocycles. The Balaban J connectivity index is 1.87. The van der Waals surface area contributed by atoms with Gasteiger partial charge in [-0.05, 0) is 17.7 Å². The Morgan fingerprint density at radius 3 is 3.00 bits per heavy atom. The molecule has 1 fully saturated rings. The lowest BCUT2D eigenvalue weighted by atomic mass is 10.1. The van der Waals surface area contributed by atoms with Crippen LogP contribution in [0.5, 0.6) is 5.75 Å². The summed E-state index contributed by atoms with van der Waals surface area (Å²) in [6.07, 6.45) is 0. The molecule has 0 amide bonds. The Morgan fingerprint density at radius 1 is 1.50 bits per heavy atom. The molecular weight excluding hydrogens is 176 g/mol. The molecule has 1 aliphatic heterocycles. The molecule has 0 saturated carbocycles. The Morgan fingerprint density at radius 2 is 2.36 bits per heavy atom. The molecule has 76 valence electrons. The highest BCUT2D eigenvalue weighted by Gasteiger charge is 2.14. The molecule has 1 aromatic rings. The van der Waals surface area contributed by atoms with Crippen LogP contribution in [0.4, 0.5) is 0 Å². The topological polar surface area (TPSA) is 33.3 Å². The highest BCUT2D eigenvalue weighted by Crippen LogP contribution is 2.12. The van der Waals surface area contributed by atoms with Crippen molar-refractivity contribution in [1.82, 2.24) is 10.6 Å². The van der Waals surface area contributed by atoms with E-state index in [0.29, 0.717) is 6.04 Å². The Kier molecular flexibility index (Phi) is 3.01. The predicted octanol–water partition coefficient (Wildman–Crippen LogP) is 0.757. The Bertz CT molecular complexity index is 297. The van der Waals surface area contributed by atoms with Gasteiger partial charge in [-0.2, -0.15) is 0 Å². The number of ether oxygens (including phenoxy) is 1. The summed E-state index contributed by atoms with van der Waals surface area (Å²) < 4.78 is 5.16. The quantitative estimate of drug-likeness (QED) is 0.739. The van der Waals surface area contributed by atoms with Crippen LogP contribution in [-0.4, -0.2) is 26.2 Å². The number of hydrogen-bond acceptors (Lipinski definition) is 3. The summed E-state index contributed by atoms with van der Waals surface area (Å²) in [5.74, 6) is 0.927. The largest absolute Gasteiger partial charge is 0.497 e. The van der Waals surface area contributed by atoms with Gasteiger partial charge in [0, 0.05) is 25.7 Å². The first-order valence-corrected chi connectivity index (χ1v) is 4.95. The van der Waals surface area contributed by atoms with Gasteiger partial charge in [-0.1, -0.05) is 12.1 Å². The minimum Gasteiger partial charge on any atom is -0.497 e. The third kappa shape index (κ3) is 2.25. The van der Waals surface area contributed by atoms with Gasteiger partial charge in [-0.25, -0.2) is 0 Å². The minimum atomic E-state index is 0.640. The molecule has 0 unspecified atom stereocenters. The van der Waals surface area contributed by atoms with Gasteiger partial charge < -0.3 is 15.4 Å². The van der Waals surface area contributed by atoms with Crippen LogP contribution in [0.1, 0.15) is 5.56 Å². The van der Waals surface area contributed by atoms with Crippen molar-refractivity contribution in [2.45, 2.75) is 12.6 Å². The van der Waals surface area contributed by atoms with Crippen LogP contribution >= 0.6 is 0 Å². The lowest BCUT2D eigenvalue weighted by molar-refractivity contribution is 0.364. The molecule has 14 heavy (non-hydrogen) atoms. The van der Waals surface area contributed by atoms with Gasteiger partial charge in [0.15, 0.2) is 0 Å². The van der Waals surface area contributed by atoms with Crippen molar-refractivity contribution >= 4 is 0 Å². The molecule has 1 saturated heterocycles. The van der Waals surface area contributed by atoms with Gasteiger partial charge in [0.25, 0.3) is 0 Å². The first-order chi connectivity index (χ1) is 6.88. The van der Waals surface area contributed by atoms with Crippen LogP contribution in [0.2, 0.25) is 0 Å². The van der Waals surface area contributed by atoms with Crippen LogP contribution in [0, 0.1) is 0 Å². The summed E-state index contributed by atoms with van der Waals surface area (Å²) in [6, 6.07) is 8.81. The lowest BCUT2D eigenvalue weighted by Gasteiger charge is -2.28. The van der Waals surface area contributed by atoms with E-state index < -0.39 is 0 Å². The van der Waals surface area contributed by atoms with E-state index in [1.807, 2.05) is 12.1 Å². The van der Waals surface area contributed by atoms with E-state index in [4.69, 9.17) is 4.74 Å². The molecule has 0 bridgehead atoms. The van der Waals surface area contributed by atoms with Crippen molar-refractivity contribution in [3.8, 4) is 5.75 Å². The van der Waals surface area contributed by atoms with Gasteiger partial charge in [0.1, 0.15) is 5.75 Å². The number of nitrogens with one attached hydrogen (secondary N) is 2. The molecule has 1 heterocycles. The summed E-state index contributed by atoms with van der Waals surface area (Å²) in [7, 11) is 1.70. The highest BCUT2D eigenvalue weighted by molar-refractivity contribution is 5.28. The highest BCUT2D eigenvalue weighted by atomic mass is 16.5. The first kappa shape index (κ1) is 9.49. The average Bonchev–Trinajstić information content (AvgIpc) is 2.16. The maximum Gasteiger partial charge on any atom is 0.119 e. The second-order valence-corrected chi connectivity index (χ2v) is 3.59. The number of rotatable bonds is 4. The fraction of sp³-hybridized carbons (Fsp3) is 0.455. The molecule has 0 aromatic heterocycles. The molecule has 1 aromatic carbocycles. The van der Waals surface area contributed by atoms with Crippen molar-refractivity contribution in [2.75, 3.05) is 20.2 Å². The fourth-order valence-corrected chi connectivity index (χ4v) is 1.48. The average molecular weight is 192 g/mol. The van der Waals surface area contributed by atoms with Gasteiger partial charge in [-0.15, -0.1) is 0 Å². The monoisotopic (exact) mass is 192 g/mol. The van der Waals surface area contributed by atoms with Crippen molar-refractivity contribution in [2.24, 2.45) is 0 Å². The van der Waals surface area contributed by atoms with Crippen LogP contribution in [0.3, 0.4) is 0 Å². The van der Waals surface area contributed by atoms with Gasteiger partial charge in [0.05, 0.1) is 7.11 Å². The number of benzene rings is 1. The molecule has 2 N–H and O–H groups in total. The van der Waals surface area contributed by atoms with Crippen molar-refractivity contribution < 1.29 is 4.74 Å². The van der Waals surface area contributed by atoms with Crippen LogP contribution in [0.15, 0.2) is 24.3 Å². The smallest absolute Gasteiger partial charge is 0.119 e. The van der Waals surface area contributed by atoms with Gasteiger partial charge in [-0.3, -0.25) is 0 Å². The zero-order valence-electron chi connectivity index (χ0n) is 8.42. The summed E-state index contributed by atoms with van der Waals surface area (Å²) in [5, 5.41) is 6.70. The van der Waals surface area contributed by atoms with Crippen LogP contribution < -0.4 is 15.4 Å². The summed E-state index contributed by atoms with van der Waals surface area (Å²) >= 11 is 0. The van der Waals surface area contributed by atoms with Crippen LogP contribution in [-0.2, 0) is 6.54 Å². The zero-order chi connectivity index (χ0) is 9.80. The minimum absolute atomic E-state index is 0.640. The van der Waals surface area contributed by atoms with E-state index in [1.54, 1.807) is 7.11 Å². The molecular formula is C11H16N2O. The molecule has 1 aliphatic rings. The molecule has 0 spiro atoms. The van der Waals surface area contributed by atoms with E-state index in [1.165, 1.54) is 5.56 Å². The lowest BCUT2D eigenvalue weighted by Crippen LogP contribution is -2.54. The number of hydrogen-bond donors (Lipinski definition) is 2. The molecule has 2 rings (SSSR count). The van der Waals surface area contributed by atoms with E-state index in [-0.39, 0.29) is 0 Å².